The van der Waals surface area contributed by atoms with Crippen LogP contribution in [0, 0.1) is 12.8 Å². The maximum atomic E-state index is 12.7. The van der Waals surface area contributed by atoms with Gasteiger partial charge in [-0.25, -0.2) is 0 Å². The van der Waals surface area contributed by atoms with Gasteiger partial charge in [0.05, 0.1) is 10.6 Å². The summed E-state index contributed by atoms with van der Waals surface area (Å²) in [5.74, 6) is -0.551. The number of hydrogen-bond acceptors (Lipinski definition) is 2. The van der Waals surface area contributed by atoms with Crippen molar-refractivity contribution in [3.63, 3.8) is 0 Å². The molecule has 0 heterocycles. The number of amides is 2. The van der Waals surface area contributed by atoms with Gasteiger partial charge in [0.1, 0.15) is 6.04 Å². The number of hydrogen-bond donors (Lipinski definition) is 2. The van der Waals surface area contributed by atoms with Crippen LogP contribution in [0.4, 0.5) is 5.69 Å². The van der Waals surface area contributed by atoms with E-state index >= 15 is 0 Å². The Balaban J connectivity index is 2.16. The van der Waals surface area contributed by atoms with Crippen LogP contribution in [0.1, 0.15) is 36.2 Å². The van der Waals surface area contributed by atoms with Crippen molar-refractivity contribution in [3.05, 3.63) is 62.6 Å². The van der Waals surface area contributed by atoms with E-state index in [1.165, 1.54) is 12.1 Å². The summed E-state index contributed by atoms with van der Waals surface area (Å²) < 4.78 is 0. The molecule has 7 heteroatoms. The molecule has 0 aliphatic carbocycles. The Morgan fingerprint density at radius 3 is 2.30 bits per heavy atom. The highest BCUT2D eigenvalue weighted by atomic mass is 35.5. The molecule has 0 fully saturated rings. The van der Waals surface area contributed by atoms with Gasteiger partial charge in [0, 0.05) is 15.7 Å². The van der Waals surface area contributed by atoms with Gasteiger partial charge in [-0.05, 0) is 55.2 Å². The smallest absolute Gasteiger partial charge is 0.253 e. The lowest BCUT2D eigenvalue weighted by Gasteiger charge is -2.21. The predicted molar refractivity (Wildman–Crippen MR) is 112 cm³/mol. The van der Waals surface area contributed by atoms with Gasteiger partial charge in [0.25, 0.3) is 5.91 Å². The number of aryl methyl sites for hydroxylation is 1. The maximum absolute atomic E-state index is 12.7. The van der Waals surface area contributed by atoms with Gasteiger partial charge < -0.3 is 10.6 Å². The zero-order valence-corrected chi connectivity index (χ0v) is 17.5. The highest BCUT2D eigenvalue weighted by Gasteiger charge is 2.24. The van der Waals surface area contributed by atoms with E-state index in [2.05, 4.69) is 10.6 Å². The van der Waals surface area contributed by atoms with Crippen LogP contribution >= 0.6 is 34.8 Å². The second-order valence-electron chi connectivity index (χ2n) is 6.73. The zero-order valence-electron chi connectivity index (χ0n) is 15.3. The fourth-order valence-electron chi connectivity index (χ4n) is 2.51. The lowest BCUT2D eigenvalue weighted by molar-refractivity contribution is -0.118. The quantitative estimate of drug-likeness (QED) is 0.617. The van der Waals surface area contributed by atoms with Crippen LogP contribution in [0.2, 0.25) is 15.1 Å². The fourth-order valence-corrected chi connectivity index (χ4v) is 3.19. The van der Waals surface area contributed by atoms with Gasteiger partial charge >= 0.3 is 0 Å². The number of halogens is 3. The molecule has 4 nitrogen and oxygen atoms in total. The first kappa shape index (κ1) is 21.5. The molecular weight excluding hydrogens is 407 g/mol. The van der Waals surface area contributed by atoms with E-state index < -0.39 is 11.9 Å². The van der Waals surface area contributed by atoms with Crippen molar-refractivity contribution < 1.29 is 9.59 Å². The Kier molecular flexibility index (Phi) is 7.54. The second kappa shape index (κ2) is 9.45. The van der Waals surface area contributed by atoms with Crippen LogP contribution in [0.5, 0.6) is 0 Å². The van der Waals surface area contributed by atoms with Crippen molar-refractivity contribution in [1.82, 2.24) is 5.32 Å². The van der Waals surface area contributed by atoms with E-state index in [1.54, 1.807) is 18.2 Å². The van der Waals surface area contributed by atoms with Gasteiger partial charge in [0.2, 0.25) is 5.91 Å². The van der Waals surface area contributed by atoms with Crippen LogP contribution < -0.4 is 10.6 Å². The molecule has 0 aliphatic heterocycles. The number of benzene rings is 2. The van der Waals surface area contributed by atoms with Crippen molar-refractivity contribution in [2.24, 2.45) is 5.92 Å². The number of carbonyl (C=O) groups is 2. The SMILES string of the molecule is Cc1ccc(NC(=O)[C@@H](CC(C)C)NC(=O)c2ccc(Cl)cc2Cl)cc1Cl. The largest absolute Gasteiger partial charge is 0.340 e. The molecule has 1 atom stereocenters. The summed E-state index contributed by atoms with van der Waals surface area (Å²) >= 11 is 18.1. The Labute approximate surface area is 174 Å². The van der Waals surface area contributed by atoms with E-state index in [9.17, 15) is 9.59 Å². The molecule has 2 aromatic carbocycles. The second-order valence-corrected chi connectivity index (χ2v) is 7.98. The maximum Gasteiger partial charge on any atom is 0.253 e. The Bertz CT molecular complexity index is 853. The summed E-state index contributed by atoms with van der Waals surface area (Å²) in [4.78, 5) is 25.3. The van der Waals surface area contributed by atoms with Gasteiger partial charge in [-0.1, -0.05) is 54.7 Å². The van der Waals surface area contributed by atoms with Crippen LogP contribution in [0.25, 0.3) is 0 Å². The molecule has 0 unspecified atom stereocenters. The van der Waals surface area contributed by atoms with E-state index in [0.717, 1.165) is 5.56 Å². The van der Waals surface area contributed by atoms with Crippen molar-refractivity contribution in [2.75, 3.05) is 5.32 Å². The third-order valence-electron chi connectivity index (χ3n) is 3.94. The summed E-state index contributed by atoms with van der Waals surface area (Å²) in [6.07, 6.45) is 0.475. The molecule has 27 heavy (non-hydrogen) atoms. The van der Waals surface area contributed by atoms with Crippen LogP contribution in [0.3, 0.4) is 0 Å². The van der Waals surface area contributed by atoms with Gasteiger partial charge in [-0.15, -0.1) is 0 Å². The average Bonchev–Trinajstić information content (AvgIpc) is 2.57. The molecule has 2 rings (SSSR count). The molecule has 0 aliphatic rings. The molecule has 0 radical (unpaired) electrons. The number of nitrogens with one attached hydrogen (secondary N) is 2. The number of carbonyl (C=O) groups excluding carboxylic acids is 2. The molecule has 0 saturated heterocycles. The minimum Gasteiger partial charge on any atom is -0.340 e. The van der Waals surface area contributed by atoms with Crippen molar-refractivity contribution in [1.29, 1.82) is 0 Å². The van der Waals surface area contributed by atoms with E-state index in [-0.39, 0.29) is 22.4 Å². The standard InChI is InChI=1S/C20H21Cl3N2O2/c1-11(2)8-18(20(27)24-14-6-4-12(3)16(22)10-14)25-19(26)15-7-5-13(21)9-17(15)23/h4-7,9-11,18H,8H2,1-3H3,(H,24,27)(H,25,26)/t18-/m1/s1. The first-order valence-corrected chi connectivity index (χ1v) is 9.63. The highest BCUT2D eigenvalue weighted by Crippen LogP contribution is 2.22. The molecule has 2 N–H and O–H groups in total. The van der Waals surface area contributed by atoms with Gasteiger partial charge in [-0.3, -0.25) is 9.59 Å². The first-order valence-electron chi connectivity index (χ1n) is 8.50. The lowest BCUT2D eigenvalue weighted by Crippen LogP contribution is -2.44. The van der Waals surface area contributed by atoms with Crippen molar-refractivity contribution in [3.8, 4) is 0 Å². The number of rotatable bonds is 6. The zero-order chi connectivity index (χ0) is 20.1. The van der Waals surface area contributed by atoms with Crippen molar-refractivity contribution >= 4 is 52.3 Å². The molecule has 0 saturated carbocycles. The topological polar surface area (TPSA) is 58.2 Å². The summed E-state index contributed by atoms with van der Waals surface area (Å²) in [7, 11) is 0. The third-order valence-corrected chi connectivity index (χ3v) is 4.90. The van der Waals surface area contributed by atoms with Crippen LogP contribution in [-0.2, 0) is 4.79 Å². The normalized spacial score (nSPS) is 12.0. The van der Waals surface area contributed by atoms with Gasteiger partial charge in [0.15, 0.2) is 0 Å². The van der Waals surface area contributed by atoms with Crippen LogP contribution in [-0.4, -0.2) is 17.9 Å². The summed E-state index contributed by atoms with van der Waals surface area (Å²) in [6.45, 7) is 5.83. The summed E-state index contributed by atoms with van der Waals surface area (Å²) in [6, 6.07) is 9.15. The third kappa shape index (κ3) is 6.13. The van der Waals surface area contributed by atoms with E-state index in [0.29, 0.717) is 22.2 Å². The first-order chi connectivity index (χ1) is 12.7. The fraction of sp³-hybridized carbons (Fsp3) is 0.300. The summed E-state index contributed by atoms with van der Waals surface area (Å²) in [5, 5.41) is 6.79. The van der Waals surface area contributed by atoms with Crippen molar-refractivity contribution in [2.45, 2.75) is 33.2 Å². The Morgan fingerprint density at radius 1 is 1.00 bits per heavy atom. The molecule has 0 bridgehead atoms. The minimum absolute atomic E-state index is 0.198. The lowest BCUT2D eigenvalue weighted by atomic mass is 10.0. The monoisotopic (exact) mass is 426 g/mol. The Hall–Kier alpha value is -1.75. The van der Waals surface area contributed by atoms with Crippen LogP contribution in [0.15, 0.2) is 36.4 Å². The molecule has 2 aromatic rings. The molecule has 2 amide bonds. The molecule has 0 aromatic heterocycles. The number of anilines is 1. The van der Waals surface area contributed by atoms with Gasteiger partial charge in [-0.2, -0.15) is 0 Å². The predicted octanol–water partition coefficient (Wildman–Crippen LogP) is 5.74. The Morgan fingerprint density at radius 2 is 1.70 bits per heavy atom. The van der Waals surface area contributed by atoms with E-state index in [1.807, 2.05) is 26.8 Å². The highest BCUT2D eigenvalue weighted by molar-refractivity contribution is 6.36. The van der Waals surface area contributed by atoms with E-state index in [4.69, 9.17) is 34.8 Å². The minimum atomic E-state index is -0.718. The molecule has 144 valence electrons. The molecule has 0 spiro atoms. The average molecular weight is 428 g/mol. The summed E-state index contributed by atoms with van der Waals surface area (Å²) in [5.41, 5.74) is 1.75. The molecular formula is C20H21Cl3N2O2.